The van der Waals surface area contributed by atoms with E-state index in [0.29, 0.717) is 40.3 Å². The minimum atomic E-state index is -0.716. The third kappa shape index (κ3) is 6.69. The summed E-state index contributed by atoms with van der Waals surface area (Å²) >= 11 is 0. The van der Waals surface area contributed by atoms with Gasteiger partial charge in [0.05, 0.1) is 19.2 Å². The van der Waals surface area contributed by atoms with Crippen LogP contribution in [0.5, 0.6) is 23.0 Å². The summed E-state index contributed by atoms with van der Waals surface area (Å²) < 4.78 is 36.3. The zero-order valence-corrected chi connectivity index (χ0v) is 19.0. The van der Waals surface area contributed by atoms with Gasteiger partial charge in [0.25, 0.3) is 0 Å². The number of aliphatic hydroxyl groups is 1. The molecule has 0 aliphatic carbocycles. The number of aromatic nitrogens is 1. The first kappa shape index (κ1) is 24.1. The maximum absolute atomic E-state index is 14.2. The second-order valence-electron chi connectivity index (χ2n) is 8.14. The van der Waals surface area contributed by atoms with Crippen LogP contribution in [0.25, 0.3) is 10.9 Å². The van der Waals surface area contributed by atoms with Gasteiger partial charge in [-0.3, -0.25) is 5.32 Å². The third-order valence-corrected chi connectivity index (χ3v) is 4.31. The molecule has 0 bridgehead atoms. The number of methoxy groups -OCH3 is 1. The van der Waals surface area contributed by atoms with Crippen molar-refractivity contribution in [3.05, 3.63) is 48.4 Å². The van der Waals surface area contributed by atoms with Gasteiger partial charge in [-0.05, 0) is 51.1 Å². The molecule has 1 heterocycles. The van der Waals surface area contributed by atoms with E-state index >= 15 is 0 Å². The van der Waals surface area contributed by atoms with Crippen molar-refractivity contribution in [2.45, 2.75) is 32.8 Å². The molecule has 2 N–H and O–H groups in total. The highest BCUT2D eigenvalue weighted by Gasteiger charge is 2.17. The van der Waals surface area contributed by atoms with Gasteiger partial charge in [-0.25, -0.2) is 9.78 Å². The number of carbonyl (C=O) groups is 1. The second-order valence-corrected chi connectivity index (χ2v) is 8.14. The lowest BCUT2D eigenvalue weighted by Crippen LogP contribution is -2.27. The molecule has 8 nitrogen and oxygen atoms in total. The average molecular weight is 458 g/mol. The van der Waals surface area contributed by atoms with Gasteiger partial charge >= 0.3 is 6.09 Å². The summed E-state index contributed by atoms with van der Waals surface area (Å²) in [6, 6.07) is 11.0. The minimum Gasteiger partial charge on any atom is -0.493 e. The Labute approximate surface area is 191 Å². The number of pyridine rings is 1. The fourth-order valence-corrected chi connectivity index (χ4v) is 2.93. The molecule has 176 valence electrons. The first-order chi connectivity index (χ1) is 15.7. The van der Waals surface area contributed by atoms with Crippen molar-refractivity contribution < 1.29 is 33.2 Å². The number of hydrogen-bond donors (Lipinski definition) is 2. The lowest BCUT2D eigenvalue weighted by molar-refractivity contribution is 0.0636. The highest BCUT2D eigenvalue weighted by atomic mass is 19.1. The molecule has 0 saturated carbocycles. The van der Waals surface area contributed by atoms with E-state index in [4.69, 9.17) is 24.1 Å². The lowest BCUT2D eigenvalue weighted by Gasteiger charge is -2.19. The standard InChI is InChI=1S/C24H27FN2O6/c1-24(2,3)33-23(29)26-15-6-8-16(9-7-15)32-19-14-22(25)27-18-13-21(31-11-5-10-28)20(30-4)12-17(18)19/h6-9,12-14,28H,5,10-11H2,1-4H3,(H,26,29). The molecule has 1 amide bonds. The van der Waals surface area contributed by atoms with E-state index in [1.165, 1.54) is 13.2 Å². The van der Waals surface area contributed by atoms with E-state index in [2.05, 4.69) is 10.3 Å². The van der Waals surface area contributed by atoms with Crippen molar-refractivity contribution >= 4 is 22.7 Å². The van der Waals surface area contributed by atoms with E-state index in [-0.39, 0.29) is 19.0 Å². The van der Waals surface area contributed by atoms with Gasteiger partial charge in [0, 0.05) is 36.2 Å². The summed E-state index contributed by atoms with van der Waals surface area (Å²) in [6.45, 7) is 5.61. The van der Waals surface area contributed by atoms with E-state index < -0.39 is 17.6 Å². The van der Waals surface area contributed by atoms with Gasteiger partial charge < -0.3 is 24.1 Å². The van der Waals surface area contributed by atoms with Crippen LogP contribution in [0, 0.1) is 5.95 Å². The smallest absolute Gasteiger partial charge is 0.412 e. The number of anilines is 1. The SMILES string of the molecule is COc1cc2c(Oc3ccc(NC(=O)OC(C)(C)C)cc3)cc(F)nc2cc1OCCCO. The fourth-order valence-electron chi connectivity index (χ4n) is 2.93. The molecule has 9 heteroatoms. The van der Waals surface area contributed by atoms with Crippen molar-refractivity contribution in [3.8, 4) is 23.0 Å². The minimum absolute atomic E-state index is 0.00710. The molecule has 0 unspecified atom stereocenters. The van der Waals surface area contributed by atoms with Crippen LogP contribution in [-0.2, 0) is 4.74 Å². The molecule has 0 aliphatic heterocycles. The van der Waals surface area contributed by atoms with Crippen LogP contribution in [-0.4, -0.2) is 42.1 Å². The Bertz CT molecular complexity index is 1110. The van der Waals surface area contributed by atoms with Crippen molar-refractivity contribution in [2.24, 2.45) is 0 Å². The number of halogens is 1. The van der Waals surface area contributed by atoms with Crippen molar-refractivity contribution in [1.29, 1.82) is 0 Å². The van der Waals surface area contributed by atoms with Gasteiger partial charge in [-0.1, -0.05) is 0 Å². The molecule has 3 rings (SSSR count). The Hall–Kier alpha value is -3.59. The van der Waals surface area contributed by atoms with Crippen LogP contribution in [0.15, 0.2) is 42.5 Å². The van der Waals surface area contributed by atoms with Crippen LogP contribution < -0.4 is 19.5 Å². The molecule has 0 aliphatic rings. The van der Waals surface area contributed by atoms with E-state index in [9.17, 15) is 9.18 Å². The van der Waals surface area contributed by atoms with Crippen LogP contribution in [0.1, 0.15) is 27.2 Å². The molecule has 3 aromatic rings. The average Bonchev–Trinajstić information content (AvgIpc) is 2.73. The normalized spacial score (nSPS) is 11.2. The Morgan fingerprint density at radius 2 is 1.82 bits per heavy atom. The number of nitrogens with zero attached hydrogens (tertiary/aromatic N) is 1. The fraction of sp³-hybridized carbons (Fsp3) is 0.333. The molecule has 0 spiro atoms. The Morgan fingerprint density at radius 3 is 2.45 bits per heavy atom. The zero-order valence-electron chi connectivity index (χ0n) is 19.0. The number of hydrogen-bond acceptors (Lipinski definition) is 7. The topological polar surface area (TPSA) is 99.1 Å². The monoisotopic (exact) mass is 458 g/mol. The lowest BCUT2D eigenvalue weighted by atomic mass is 10.1. The zero-order chi connectivity index (χ0) is 24.0. The summed E-state index contributed by atoms with van der Waals surface area (Å²) in [5.74, 6) is 0.771. The third-order valence-electron chi connectivity index (χ3n) is 4.31. The molecule has 33 heavy (non-hydrogen) atoms. The second kappa shape index (κ2) is 10.4. The maximum Gasteiger partial charge on any atom is 0.412 e. The number of benzene rings is 2. The summed E-state index contributed by atoms with van der Waals surface area (Å²) in [6.07, 6.45) is -0.118. The Kier molecular flexibility index (Phi) is 7.55. The van der Waals surface area contributed by atoms with Crippen LogP contribution >= 0.6 is 0 Å². The maximum atomic E-state index is 14.2. The molecule has 0 fully saturated rings. The number of carbonyl (C=O) groups excluding carboxylic acids is 1. The van der Waals surface area contributed by atoms with Gasteiger partial charge in [0.2, 0.25) is 5.95 Å². The van der Waals surface area contributed by atoms with Crippen molar-refractivity contribution in [3.63, 3.8) is 0 Å². The summed E-state index contributed by atoms with van der Waals surface area (Å²) in [4.78, 5) is 15.8. The number of amides is 1. The highest BCUT2D eigenvalue weighted by Crippen LogP contribution is 2.37. The quantitative estimate of drug-likeness (QED) is 0.350. The first-order valence-electron chi connectivity index (χ1n) is 10.4. The summed E-state index contributed by atoms with van der Waals surface area (Å²) in [5.41, 5.74) is 0.242. The largest absolute Gasteiger partial charge is 0.493 e. The molecule has 0 radical (unpaired) electrons. The van der Waals surface area contributed by atoms with Crippen LogP contribution in [0.2, 0.25) is 0 Å². The number of nitrogens with one attached hydrogen (secondary N) is 1. The highest BCUT2D eigenvalue weighted by molar-refractivity contribution is 5.88. The van der Waals surface area contributed by atoms with E-state index in [1.54, 1.807) is 57.2 Å². The predicted octanol–water partition coefficient (Wildman–Crippen LogP) is 5.28. The van der Waals surface area contributed by atoms with E-state index in [1.807, 2.05) is 0 Å². The molecular formula is C24H27FN2O6. The Morgan fingerprint density at radius 1 is 1.09 bits per heavy atom. The molecule has 0 atom stereocenters. The molecule has 0 saturated heterocycles. The van der Waals surface area contributed by atoms with Gasteiger partial charge in [-0.2, -0.15) is 4.39 Å². The molecular weight excluding hydrogens is 431 g/mol. The summed E-state index contributed by atoms with van der Waals surface area (Å²) in [5, 5.41) is 12.1. The number of aliphatic hydroxyl groups excluding tert-OH is 1. The predicted molar refractivity (Wildman–Crippen MR) is 122 cm³/mol. The number of rotatable bonds is 8. The van der Waals surface area contributed by atoms with Gasteiger partial charge in [-0.15, -0.1) is 0 Å². The van der Waals surface area contributed by atoms with Gasteiger partial charge in [0.1, 0.15) is 17.1 Å². The van der Waals surface area contributed by atoms with Crippen molar-refractivity contribution in [1.82, 2.24) is 4.98 Å². The van der Waals surface area contributed by atoms with E-state index in [0.717, 1.165) is 0 Å². The van der Waals surface area contributed by atoms with Crippen LogP contribution in [0.3, 0.4) is 0 Å². The summed E-state index contributed by atoms with van der Waals surface area (Å²) in [7, 11) is 1.49. The first-order valence-corrected chi connectivity index (χ1v) is 10.4. The number of fused-ring (bicyclic) bond motifs is 1. The van der Waals surface area contributed by atoms with Crippen molar-refractivity contribution in [2.75, 3.05) is 25.6 Å². The number of ether oxygens (including phenoxy) is 4. The van der Waals surface area contributed by atoms with Gasteiger partial charge in [0.15, 0.2) is 11.5 Å². The molecule has 2 aromatic carbocycles. The Balaban J connectivity index is 1.82. The van der Waals surface area contributed by atoms with Crippen LogP contribution in [0.4, 0.5) is 14.9 Å². The molecule has 1 aromatic heterocycles.